The molecule has 0 fully saturated rings. The third-order valence-corrected chi connectivity index (χ3v) is 5.76. The van der Waals surface area contributed by atoms with E-state index in [9.17, 15) is 0 Å². The Morgan fingerprint density at radius 1 is 1.08 bits per heavy atom. The lowest BCUT2D eigenvalue weighted by Gasteiger charge is -2.30. The Labute approximate surface area is 158 Å². The van der Waals surface area contributed by atoms with Gasteiger partial charge in [-0.25, -0.2) is 4.98 Å². The second-order valence-electron chi connectivity index (χ2n) is 6.96. The smallest absolute Gasteiger partial charge is 0.137 e. The zero-order chi connectivity index (χ0) is 17.5. The summed E-state index contributed by atoms with van der Waals surface area (Å²) in [5.41, 5.74) is 7.43. The molecule has 26 heavy (non-hydrogen) atoms. The lowest BCUT2D eigenvalue weighted by Crippen LogP contribution is -2.25. The summed E-state index contributed by atoms with van der Waals surface area (Å²) in [5, 5.41) is 1.91. The molecule has 130 valence electrons. The standard InChI is InChI=1S/C22H20ClN3/c23-21-13-16(19-14-25-22-18(19)8-4-11-24-22)10-12-26(21)20-9-3-6-15-5-1-2-7-17(15)20/h3-4,6,8-11,13-14H,1-2,5,7,12H2,(H,24,25). The van der Waals surface area contributed by atoms with E-state index in [-0.39, 0.29) is 0 Å². The van der Waals surface area contributed by atoms with Gasteiger partial charge in [-0.1, -0.05) is 29.8 Å². The van der Waals surface area contributed by atoms with Gasteiger partial charge in [0.05, 0.1) is 0 Å². The van der Waals surface area contributed by atoms with Crippen molar-refractivity contribution >= 4 is 33.9 Å². The molecule has 1 aliphatic carbocycles. The van der Waals surface area contributed by atoms with Crippen molar-refractivity contribution in [3.05, 3.63) is 76.7 Å². The highest BCUT2D eigenvalue weighted by atomic mass is 35.5. The molecule has 0 bridgehead atoms. The van der Waals surface area contributed by atoms with E-state index in [1.165, 1.54) is 36.1 Å². The average molecular weight is 362 g/mol. The molecule has 3 heterocycles. The first-order valence-electron chi connectivity index (χ1n) is 9.19. The van der Waals surface area contributed by atoms with Crippen LogP contribution in [0.5, 0.6) is 0 Å². The Morgan fingerprint density at radius 3 is 2.92 bits per heavy atom. The number of nitrogens with one attached hydrogen (secondary N) is 1. The molecule has 0 amide bonds. The first-order valence-corrected chi connectivity index (χ1v) is 9.57. The Hall–Kier alpha value is -2.52. The van der Waals surface area contributed by atoms with Gasteiger partial charge in [0.15, 0.2) is 0 Å². The molecule has 0 saturated heterocycles. The first-order chi connectivity index (χ1) is 12.8. The minimum Gasteiger partial charge on any atom is -0.346 e. The van der Waals surface area contributed by atoms with Gasteiger partial charge in [-0.2, -0.15) is 0 Å². The van der Waals surface area contributed by atoms with Crippen LogP contribution in [0.25, 0.3) is 16.6 Å². The molecular weight excluding hydrogens is 342 g/mol. The van der Waals surface area contributed by atoms with Crippen molar-refractivity contribution in [3.8, 4) is 0 Å². The summed E-state index contributed by atoms with van der Waals surface area (Å²) in [6, 6.07) is 10.7. The predicted molar refractivity (Wildman–Crippen MR) is 108 cm³/mol. The van der Waals surface area contributed by atoms with Crippen LogP contribution in [-0.2, 0) is 12.8 Å². The van der Waals surface area contributed by atoms with Crippen LogP contribution in [0.15, 0.2) is 60.0 Å². The van der Waals surface area contributed by atoms with Gasteiger partial charge < -0.3 is 9.88 Å². The Balaban J connectivity index is 1.51. The fraction of sp³-hybridized carbons (Fsp3) is 0.227. The summed E-state index contributed by atoms with van der Waals surface area (Å²) < 4.78 is 0. The Kier molecular flexibility index (Phi) is 3.83. The number of aromatic amines is 1. The number of halogens is 1. The molecule has 0 unspecified atom stereocenters. The lowest BCUT2D eigenvalue weighted by atomic mass is 9.90. The number of benzene rings is 1. The normalized spacial score (nSPS) is 17.0. The quantitative estimate of drug-likeness (QED) is 0.617. The van der Waals surface area contributed by atoms with Crippen molar-refractivity contribution in [2.24, 2.45) is 0 Å². The van der Waals surface area contributed by atoms with E-state index in [2.05, 4.69) is 51.3 Å². The van der Waals surface area contributed by atoms with Gasteiger partial charge in [0, 0.05) is 35.6 Å². The molecule has 1 aliphatic heterocycles. The lowest BCUT2D eigenvalue weighted by molar-refractivity contribution is 0.684. The first kappa shape index (κ1) is 15.7. The van der Waals surface area contributed by atoms with Gasteiger partial charge in [-0.3, -0.25) is 0 Å². The zero-order valence-electron chi connectivity index (χ0n) is 14.5. The highest BCUT2D eigenvalue weighted by Gasteiger charge is 2.21. The van der Waals surface area contributed by atoms with Crippen LogP contribution in [0, 0.1) is 0 Å². The second-order valence-corrected chi connectivity index (χ2v) is 7.35. The van der Waals surface area contributed by atoms with Gasteiger partial charge in [-0.15, -0.1) is 0 Å². The van der Waals surface area contributed by atoms with Crippen LogP contribution < -0.4 is 4.90 Å². The highest BCUT2D eigenvalue weighted by molar-refractivity contribution is 6.32. The fourth-order valence-electron chi connectivity index (χ4n) is 4.15. The summed E-state index contributed by atoms with van der Waals surface area (Å²) >= 11 is 6.74. The summed E-state index contributed by atoms with van der Waals surface area (Å²) in [4.78, 5) is 9.85. The van der Waals surface area contributed by atoms with Gasteiger partial charge >= 0.3 is 0 Å². The predicted octanol–water partition coefficient (Wildman–Crippen LogP) is 5.43. The van der Waals surface area contributed by atoms with Crippen LogP contribution in [0.4, 0.5) is 5.69 Å². The van der Waals surface area contributed by atoms with Crippen molar-refractivity contribution in [1.29, 1.82) is 0 Å². The minimum atomic E-state index is 0.778. The van der Waals surface area contributed by atoms with Crippen molar-refractivity contribution < 1.29 is 0 Å². The molecule has 3 nitrogen and oxygen atoms in total. The van der Waals surface area contributed by atoms with Crippen molar-refractivity contribution in [3.63, 3.8) is 0 Å². The minimum absolute atomic E-state index is 0.778. The van der Waals surface area contributed by atoms with Gasteiger partial charge in [-0.05, 0) is 66.7 Å². The monoisotopic (exact) mass is 361 g/mol. The van der Waals surface area contributed by atoms with Gasteiger partial charge in [0.2, 0.25) is 0 Å². The molecule has 0 saturated carbocycles. The maximum absolute atomic E-state index is 6.74. The molecule has 4 heteroatoms. The van der Waals surface area contributed by atoms with E-state index < -0.39 is 0 Å². The molecule has 2 aliphatic rings. The van der Waals surface area contributed by atoms with Crippen molar-refractivity contribution in [1.82, 2.24) is 9.97 Å². The number of fused-ring (bicyclic) bond motifs is 2. The third-order valence-electron chi connectivity index (χ3n) is 5.45. The number of hydrogen-bond donors (Lipinski definition) is 1. The summed E-state index contributed by atoms with van der Waals surface area (Å²) in [5.74, 6) is 0. The van der Waals surface area contributed by atoms with E-state index in [0.29, 0.717) is 0 Å². The Morgan fingerprint density at radius 2 is 2.00 bits per heavy atom. The van der Waals surface area contributed by atoms with E-state index in [0.717, 1.165) is 40.3 Å². The van der Waals surface area contributed by atoms with Crippen molar-refractivity contribution in [2.75, 3.05) is 11.4 Å². The summed E-state index contributed by atoms with van der Waals surface area (Å²) in [7, 11) is 0. The number of anilines is 1. The number of rotatable bonds is 2. The molecular formula is C22H20ClN3. The highest BCUT2D eigenvalue weighted by Crippen LogP contribution is 2.36. The van der Waals surface area contributed by atoms with Crippen LogP contribution in [0.1, 0.15) is 29.5 Å². The van der Waals surface area contributed by atoms with E-state index >= 15 is 0 Å². The number of allylic oxidation sites excluding steroid dienone is 2. The maximum atomic E-state index is 6.74. The maximum Gasteiger partial charge on any atom is 0.137 e. The number of nitrogens with zero attached hydrogens (tertiary/aromatic N) is 2. The molecule has 0 spiro atoms. The number of aromatic nitrogens is 2. The zero-order valence-corrected chi connectivity index (χ0v) is 15.3. The van der Waals surface area contributed by atoms with Crippen LogP contribution in [-0.4, -0.2) is 16.5 Å². The number of aryl methyl sites for hydroxylation is 1. The van der Waals surface area contributed by atoms with E-state index in [1.54, 1.807) is 6.20 Å². The van der Waals surface area contributed by atoms with Crippen LogP contribution >= 0.6 is 11.6 Å². The average Bonchev–Trinajstić information content (AvgIpc) is 3.12. The van der Waals surface area contributed by atoms with Gasteiger partial charge in [0.25, 0.3) is 0 Å². The molecule has 2 aromatic heterocycles. The molecule has 5 rings (SSSR count). The fourth-order valence-corrected chi connectivity index (χ4v) is 4.43. The third kappa shape index (κ3) is 2.55. The Bertz CT molecular complexity index is 1040. The number of hydrogen-bond acceptors (Lipinski definition) is 2. The topological polar surface area (TPSA) is 31.9 Å². The van der Waals surface area contributed by atoms with Crippen LogP contribution in [0.3, 0.4) is 0 Å². The van der Waals surface area contributed by atoms with Crippen LogP contribution in [0.2, 0.25) is 0 Å². The largest absolute Gasteiger partial charge is 0.346 e. The molecule has 1 aromatic carbocycles. The van der Waals surface area contributed by atoms with Gasteiger partial charge in [0.1, 0.15) is 10.8 Å². The number of pyridine rings is 1. The molecule has 3 aromatic rings. The molecule has 0 atom stereocenters. The molecule has 0 radical (unpaired) electrons. The second kappa shape index (κ2) is 6.33. The summed E-state index contributed by atoms with van der Waals surface area (Å²) in [6.07, 6.45) is 13.0. The summed E-state index contributed by atoms with van der Waals surface area (Å²) in [6.45, 7) is 0.786. The molecule has 1 N–H and O–H groups in total. The number of H-pyrrole nitrogens is 1. The SMILES string of the molecule is ClC1=CC(c2c[nH]c3ncccc23)=CCN1c1cccc2c1CCCC2. The van der Waals surface area contributed by atoms with E-state index in [4.69, 9.17) is 11.6 Å². The van der Waals surface area contributed by atoms with E-state index in [1.807, 2.05) is 12.3 Å². The van der Waals surface area contributed by atoms with Crippen molar-refractivity contribution in [2.45, 2.75) is 25.7 Å².